The van der Waals surface area contributed by atoms with E-state index in [1.165, 1.54) is 0 Å². The molecule has 0 fully saturated rings. The maximum absolute atomic E-state index is 9.61. The van der Waals surface area contributed by atoms with Gasteiger partial charge in [-0.25, -0.2) is 0 Å². The third-order valence-corrected chi connectivity index (χ3v) is 2.57. The molecule has 12 heavy (non-hydrogen) atoms. The Hall–Kier alpha value is -0.0800. The molecular formula is C10H22O2. The number of ether oxygens (including phenoxy) is 1. The van der Waals surface area contributed by atoms with Crippen molar-refractivity contribution in [1.29, 1.82) is 0 Å². The van der Waals surface area contributed by atoms with Crippen LogP contribution in [0.4, 0.5) is 0 Å². The standard InChI is InChI=1S/C10H22O2/c1-5-8(2)10(11)7-6-9(3)12-4/h8-11H,5-7H2,1-4H3. The van der Waals surface area contributed by atoms with Crippen LogP contribution in [-0.2, 0) is 4.74 Å². The molecule has 0 radical (unpaired) electrons. The molecule has 2 nitrogen and oxygen atoms in total. The van der Waals surface area contributed by atoms with E-state index in [-0.39, 0.29) is 12.2 Å². The van der Waals surface area contributed by atoms with Crippen molar-refractivity contribution in [1.82, 2.24) is 0 Å². The van der Waals surface area contributed by atoms with Crippen molar-refractivity contribution in [2.45, 2.75) is 52.2 Å². The van der Waals surface area contributed by atoms with Gasteiger partial charge in [0, 0.05) is 7.11 Å². The summed E-state index contributed by atoms with van der Waals surface area (Å²) in [5.74, 6) is 0.411. The Balaban J connectivity index is 3.49. The Labute approximate surface area is 75.9 Å². The van der Waals surface area contributed by atoms with Crippen LogP contribution >= 0.6 is 0 Å². The van der Waals surface area contributed by atoms with Crippen LogP contribution in [0.25, 0.3) is 0 Å². The normalized spacial score (nSPS) is 18.8. The van der Waals surface area contributed by atoms with Gasteiger partial charge in [-0.3, -0.25) is 0 Å². The second-order valence-corrected chi connectivity index (χ2v) is 3.58. The zero-order valence-corrected chi connectivity index (χ0v) is 8.71. The van der Waals surface area contributed by atoms with E-state index in [0.29, 0.717) is 5.92 Å². The quantitative estimate of drug-likeness (QED) is 0.669. The van der Waals surface area contributed by atoms with E-state index >= 15 is 0 Å². The second kappa shape index (κ2) is 6.44. The van der Waals surface area contributed by atoms with Crippen molar-refractivity contribution in [3.63, 3.8) is 0 Å². The van der Waals surface area contributed by atoms with Crippen LogP contribution in [0.2, 0.25) is 0 Å². The molecule has 0 aromatic carbocycles. The monoisotopic (exact) mass is 174 g/mol. The maximum atomic E-state index is 9.61. The number of hydrogen-bond donors (Lipinski definition) is 1. The first-order valence-corrected chi connectivity index (χ1v) is 4.82. The highest BCUT2D eigenvalue weighted by Crippen LogP contribution is 2.14. The Morgan fingerprint density at radius 3 is 2.25 bits per heavy atom. The molecule has 0 saturated carbocycles. The number of rotatable bonds is 6. The summed E-state index contributed by atoms with van der Waals surface area (Å²) >= 11 is 0. The van der Waals surface area contributed by atoms with E-state index in [1.807, 2.05) is 6.92 Å². The minimum Gasteiger partial charge on any atom is -0.393 e. The molecule has 0 amide bonds. The summed E-state index contributed by atoms with van der Waals surface area (Å²) in [7, 11) is 1.71. The summed E-state index contributed by atoms with van der Waals surface area (Å²) in [6, 6.07) is 0. The van der Waals surface area contributed by atoms with Gasteiger partial charge in [0.25, 0.3) is 0 Å². The van der Waals surface area contributed by atoms with E-state index in [1.54, 1.807) is 7.11 Å². The average molecular weight is 174 g/mol. The summed E-state index contributed by atoms with van der Waals surface area (Å²) in [6.45, 7) is 6.22. The Kier molecular flexibility index (Phi) is 6.39. The van der Waals surface area contributed by atoms with Gasteiger partial charge in [0.1, 0.15) is 0 Å². The van der Waals surface area contributed by atoms with Crippen LogP contribution in [0.5, 0.6) is 0 Å². The molecule has 0 aromatic heterocycles. The molecule has 3 atom stereocenters. The summed E-state index contributed by atoms with van der Waals surface area (Å²) in [5.41, 5.74) is 0. The molecule has 0 aliphatic rings. The van der Waals surface area contributed by atoms with Crippen LogP contribution in [0.1, 0.15) is 40.0 Å². The van der Waals surface area contributed by atoms with Gasteiger partial charge in [0.05, 0.1) is 12.2 Å². The number of aliphatic hydroxyl groups excluding tert-OH is 1. The molecule has 0 aromatic rings. The van der Waals surface area contributed by atoms with Gasteiger partial charge in [-0.1, -0.05) is 20.3 Å². The van der Waals surface area contributed by atoms with E-state index in [0.717, 1.165) is 19.3 Å². The fourth-order valence-corrected chi connectivity index (χ4v) is 1.08. The van der Waals surface area contributed by atoms with Crippen LogP contribution in [0.3, 0.4) is 0 Å². The molecule has 0 aliphatic heterocycles. The summed E-state index contributed by atoms with van der Waals surface area (Å²) in [6.07, 6.45) is 2.95. The third kappa shape index (κ3) is 4.73. The molecule has 0 saturated heterocycles. The van der Waals surface area contributed by atoms with Crippen LogP contribution in [0, 0.1) is 5.92 Å². The minimum absolute atomic E-state index is 0.160. The van der Waals surface area contributed by atoms with Crippen molar-refractivity contribution in [2.75, 3.05) is 7.11 Å². The molecule has 0 bridgehead atoms. The van der Waals surface area contributed by atoms with Crippen molar-refractivity contribution in [2.24, 2.45) is 5.92 Å². The molecule has 0 spiro atoms. The number of aliphatic hydroxyl groups is 1. The second-order valence-electron chi connectivity index (χ2n) is 3.58. The van der Waals surface area contributed by atoms with Gasteiger partial charge >= 0.3 is 0 Å². The van der Waals surface area contributed by atoms with Gasteiger partial charge < -0.3 is 9.84 Å². The molecule has 1 N–H and O–H groups in total. The summed E-state index contributed by atoms with van der Waals surface area (Å²) in [5, 5.41) is 9.61. The van der Waals surface area contributed by atoms with Crippen molar-refractivity contribution in [3.05, 3.63) is 0 Å². The number of methoxy groups -OCH3 is 1. The van der Waals surface area contributed by atoms with Crippen molar-refractivity contribution < 1.29 is 9.84 Å². The van der Waals surface area contributed by atoms with Crippen LogP contribution < -0.4 is 0 Å². The maximum Gasteiger partial charge on any atom is 0.0566 e. The Bertz CT molecular complexity index is 104. The van der Waals surface area contributed by atoms with E-state index in [4.69, 9.17) is 4.74 Å². The van der Waals surface area contributed by atoms with Crippen molar-refractivity contribution in [3.8, 4) is 0 Å². The van der Waals surface area contributed by atoms with E-state index < -0.39 is 0 Å². The van der Waals surface area contributed by atoms with Gasteiger partial charge in [0.15, 0.2) is 0 Å². The molecule has 0 rings (SSSR count). The SMILES string of the molecule is CCC(C)C(O)CCC(C)OC. The van der Waals surface area contributed by atoms with Crippen LogP contribution in [-0.4, -0.2) is 24.4 Å². The lowest BCUT2D eigenvalue weighted by atomic mass is 9.97. The highest BCUT2D eigenvalue weighted by atomic mass is 16.5. The summed E-state index contributed by atoms with van der Waals surface area (Å²) in [4.78, 5) is 0. The van der Waals surface area contributed by atoms with Crippen LogP contribution in [0.15, 0.2) is 0 Å². The fraction of sp³-hybridized carbons (Fsp3) is 1.00. The van der Waals surface area contributed by atoms with Gasteiger partial charge in [-0.2, -0.15) is 0 Å². The Morgan fingerprint density at radius 1 is 1.25 bits per heavy atom. The van der Waals surface area contributed by atoms with Gasteiger partial charge in [-0.05, 0) is 25.7 Å². The highest BCUT2D eigenvalue weighted by Gasteiger charge is 2.12. The zero-order chi connectivity index (χ0) is 9.56. The van der Waals surface area contributed by atoms with Crippen molar-refractivity contribution >= 4 is 0 Å². The lowest BCUT2D eigenvalue weighted by Crippen LogP contribution is -2.19. The van der Waals surface area contributed by atoms with Gasteiger partial charge in [0.2, 0.25) is 0 Å². The first-order valence-electron chi connectivity index (χ1n) is 4.82. The zero-order valence-electron chi connectivity index (χ0n) is 8.71. The van der Waals surface area contributed by atoms with E-state index in [9.17, 15) is 5.11 Å². The lowest BCUT2D eigenvalue weighted by Gasteiger charge is -2.18. The average Bonchev–Trinajstić information content (AvgIpc) is 2.11. The molecule has 0 aliphatic carbocycles. The number of hydrogen-bond acceptors (Lipinski definition) is 2. The minimum atomic E-state index is -0.160. The topological polar surface area (TPSA) is 29.5 Å². The third-order valence-electron chi connectivity index (χ3n) is 2.57. The first-order chi connectivity index (χ1) is 5.61. The van der Waals surface area contributed by atoms with Gasteiger partial charge in [-0.15, -0.1) is 0 Å². The largest absolute Gasteiger partial charge is 0.393 e. The molecule has 0 heterocycles. The molecular weight excluding hydrogens is 152 g/mol. The molecule has 3 unspecified atom stereocenters. The van der Waals surface area contributed by atoms with E-state index in [2.05, 4.69) is 13.8 Å². The smallest absolute Gasteiger partial charge is 0.0566 e. The Morgan fingerprint density at radius 2 is 1.83 bits per heavy atom. The lowest BCUT2D eigenvalue weighted by molar-refractivity contribution is 0.0638. The predicted octanol–water partition coefficient (Wildman–Crippen LogP) is 2.21. The predicted molar refractivity (Wildman–Crippen MR) is 51.2 cm³/mol. The molecule has 74 valence electrons. The highest BCUT2D eigenvalue weighted by molar-refractivity contribution is 4.64. The fourth-order valence-electron chi connectivity index (χ4n) is 1.08. The summed E-state index contributed by atoms with van der Waals surface area (Å²) < 4.78 is 5.10. The molecule has 2 heteroatoms. The first kappa shape index (κ1) is 11.9.